The summed E-state index contributed by atoms with van der Waals surface area (Å²) in [4.78, 5) is 2.86. The fourth-order valence-electron chi connectivity index (χ4n) is 3.07. The molecule has 5 heteroatoms. The lowest BCUT2D eigenvalue weighted by atomic mass is 9.92. The van der Waals surface area contributed by atoms with Gasteiger partial charge in [0.15, 0.2) is 9.84 Å². The first-order valence-electron chi connectivity index (χ1n) is 7.66. The standard InChI is InChI=1S/C16H26N2O2S/c1-13(18-11-8-14(7-10-17)9-12-18)15-3-5-16(6-4-15)21(2,19)20/h3-6,13-14H,7-12,17H2,1-2H3. The van der Waals surface area contributed by atoms with Crippen LogP contribution >= 0.6 is 0 Å². The smallest absolute Gasteiger partial charge is 0.175 e. The van der Waals surface area contributed by atoms with E-state index < -0.39 is 9.84 Å². The number of hydrogen-bond donors (Lipinski definition) is 1. The van der Waals surface area contributed by atoms with Gasteiger partial charge in [-0.25, -0.2) is 8.42 Å². The van der Waals surface area contributed by atoms with Gasteiger partial charge in [0.05, 0.1) is 4.90 Å². The monoisotopic (exact) mass is 310 g/mol. The summed E-state index contributed by atoms with van der Waals surface area (Å²) >= 11 is 0. The molecule has 1 unspecified atom stereocenters. The third-order valence-corrected chi connectivity index (χ3v) is 5.69. The Labute approximate surface area is 128 Å². The number of nitrogens with two attached hydrogens (primary N) is 1. The number of benzene rings is 1. The Kier molecular flexibility index (Phi) is 5.41. The minimum atomic E-state index is -3.11. The molecule has 1 saturated heterocycles. The van der Waals surface area contributed by atoms with E-state index >= 15 is 0 Å². The zero-order chi connectivity index (χ0) is 15.5. The molecule has 1 heterocycles. The first-order chi connectivity index (χ1) is 9.91. The molecule has 1 atom stereocenters. The van der Waals surface area contributed by atoms with Crippen molar-refractivity contribution in [2.75, 3.05) is 25.9 Å². The van der Waals surface area contributed by atoms with E-state index in [1.54, 1.807) is 12.1 Å². The van der Waals surface area contributed by atoms with Crippen LogP contribution in [0.2, 0.25) is 0 Å². The Morgan fingerprint density at radius 2 is 1.81 bits per heavy atom. The van der Waals surface area contributed by atoms with Crippen molar-refractivity contribution < 1.29 is 8.42 Å². The minimum absolute atomic E-state index is 0.331. The highest BCUT2D eigenvalue weighted by molar-refractivity contribution is 7.90. The molecule has 2 rings (SSSR count). The second-order valence-corrected chi connectivity index (χ2v) is 8.09. The molecule has 0 radical (unpaired) electrons. The maximum absolute atomic E-state index is 11.5. The summed E-state index contributed by atoms with van der Waals surface area (Å²) in [5, 5.41) is 0. The topological polar surface area (TPSA) is 63.4 Å². The minimum Gasteiger partial charge on any atom is -0.330 e. The van der Waals surface area contributed by atoms with E-state index in [-0.39, 0.29) is 0 Å². The molecule has 118 valence electrons. The Morgan fingerprint density at radius 3 is 2.29 bits per heavy atom. The van der Waals surface area contributed by atoms with Gasteiger partial charge in [-0.3, -0.25) is 4.90 Å². The molecule has 1 aliphatic heterocycles. The highest BCUT2D eigenvalue weighted by Crippen LogP contribution is 2.28. The van der Waals surface area contributed by atoms with Crippen molar-refractivity contribution in [2.24, 2.45) is 11.7 Å². The summed E-state index contributed by atoms with van der Waals surface area (Å²) in [5.74, 6) is 0.770. The van der Waals surface area contributed by atoms with Crippen LogP contribution in [0.1, 0.15) is 37.8 Å². The Hall–Kier alpha value is -0.910. The van der Waals surface area contributed by atoms with E-state index in [1.165, 1.54) is 24.7 Å². The Morgan fingerprint density at radius 1 is 1.24 bits per heavy atom. The highest BCUT2D eigenvalue weighted by Gasteiger charge is 2.23. The average molecular weight is 310 g/mol. The number of nitrogens with zero attached hydrogens (tertiary/aromatic N) is 1. The zero-order valence-corrected chi connectivity index (χ0v) is 13.8. The third-order valence-electron chi connectivity index (χ3n) is 4.56. The molecule has 2 N–H and O–H groups in total. The molecule has 1 aromatic carbocycles. The van der Waals surface area contributed by atoms with Gasteiger partial charge in [0.25, 0.3) is 0 Å². The maximum atomic E-state index is 11.5. The largest absolute Gasteiger partial charge is 0.330 e. The van der Waals surface area contributed by atoms with Gasteiger partial charge in [-0.2, -0.15) is 0 Å². The Bertz CT molecular complexity index is 546. The average Bonchev–Trinajstić information content (AvgIpc) is 2.47. The predicted octanol–water partition coefficient (Wildman–Crippen LogP) is 2.21. The summed E-state index contributed by atoms with van der Waals surface area (Å²) in [6, 6.07) is 7.63. The van der Waals surface area contributed by atoms with Gasteiger partial charge in [0.2, 0.25) is 0 Å². The molecule has 21 heavy (non-hydrogen) atoms. The Balaban J connectivity index is 1.99. The van der Waals surface area contributed by atoms with Crippen molar-refractivity contribution in [1.82, 2.24) is 4.90 Å². The van der Waals surface area contributed by atoms with Crippen LogP contribution in [0.5, 0.6) is 0 Å². The van der Waals surface area contributed by atoms with E-state index in [0.717, 1.165) is 32.0 Å². The molecule has 0 aliphatic carbocycles. The SMILES string of the molecule is CC(c1ccc(S(C)(=O)=O)cc1)N1CCC(CCN)CC1. The fraction of sp³-hybridized carbons (Fsp3) is 0.625. The normalized spacial score (nSPS) is 19.6. The van der Waals surface area contributed by atoms with Crippen molar-refractivity contribution in [3.8, 4) is 0 Å². The van der Waals surface area contributed by atoms with E-state index in [1.807, 2.05) is 12.1 Å². The van der Waals surface area contributed by atoms with Gasteiger partial charge in [-0.1, -0.05) is 12.1 Å². The molecule has 4 nitrogen and oxygen atoms in total. The number of likely N-dealkylation sites (tertiary alicyclic amines) is 1. The lowest BCUT2D eigenvalue weighted by molar-refractivity contribution is 0.138. The van der Waals surface area contributed by atoms with Crippen molar-refractivity contribution in [1.29, 1.82) is 0 Å². The number of rotatable bonds is 5. The second kappa shape index (κ2) is 6.90. The van der Waals surface area contributed by atoms with Gasteiger partial charge in [-0.15, -0.1) is 0 Å². The second-order valence-electron chi connectivity index (χ2n) is 6.07. The van der Waals surface area contributed by atoms with Crippen LogP contribution in [0.4, 0.5) is 0 Å². The molecule has 0 saturated carbocycles. The van der Waals surface area contributed by atoms with Crippen molar-refractivity contribution >= 4 is 9.84 Å². The van der Waals surface area contributed by atoms with E-state index in [2.05, 4.69) is 11.8 Å². The molecule has 1 aliphatic rings. The molecular weight excluding hydrogens is 284 g/mol. The summed E-state index contributed by atoms with van der Waals surface area (Å²) in [6.07, 6.45) is 4.80. The van der Waals surface area contributed by atoms with E-state index in [0.29, 0.717) is 10.9 Å². The van der Waals surface area contributed by atoms with Crippen molar-refractivity contribution in [3.05, 3.63) is 29.8 Å². The van der Waals surface area contributed by atoms with Crippen molar-refractivity contribution in [2.45, 2.75) is 37.1 Å². The van der Waals surface area contributed by atoms with E-state index in [9.17, 15) is 8.42 Å². The summed E-state index contributed by atoms with van der Waals surface area (Å²) < 4.78 is 23.0. The first kappa shape index (κ1) is 16.5. The van der Waals surface area contributed by atoms with E-state index in [4.69, 9.17) is 5.73 Å². The van der Waals surface area contributed by atoms with Gasteiger partial charge in [0.1, 0.15) is 0 Å². The van der Waals surface area contributed by atoms with Crippen LogP contribution in [-0.2, 0) is 9.84 Å². The molecule has 1 aromatic rings. The van der Waals surface area contributed by atoms with Crippen LogP contribution in [0.3, 0.4) is 0 Å². The maximum Gasteiger partial charge on any atom is 0.175 e. The number of piperidine rings is 1. The predicted molar refractivity (Wildman–Crippen MR) is 85.9 cm³/mol. The molecular formula is C16H26N2O2S. The highest BCUT2D eigenvalue weighted by atomic mass is 32.2. The third kappa shape index (κ3) is 4.28. The quantitative estimate of drug-likeness (QED) is 0.905. The number of sulfone groups is 1. The van der Waals surface area contributed by atoms with Gasteiger partial charge in [0, 0.05) is 12.3 Å². The fourth-order valence-corrected chi connectivity index (χ4v) is 3.70. The first-order valence-corrected chi connectivity index (χ1v) is 9.55. The van der Waals surface area contributed by atoms with Crippen molar-refractivity contribution in [3.63, 3.8) is 0 Å². The molecule has 0 aromatic heterocycles. The van der Waals surface area contributed by atoms with Crippen LogP contribution in [-0.4, -0.2) is 39.2 Å². The summed E-state index contributed by atoms with van der Waals surface area (Å²) in [5.41, 5.74) is 6.81. The molecule has 0 spiro atoms. The molecule has 0 bridgehead atoms. The van der Waals surface area contributed by atoms with Gasteiger partial charge in [-0.05, 0) is 69.4 Å². The number of hydrogen-bond acceptors (Lipinski definition) is 4. The van der Waals surface area contributed by atoms with Crippen LogP contribution < -0.4 is 5.73 Å². The van der Waals surface area contributed by atoms with Gasteiger partial charge < -0.3 is 5.73 Å². The van der Waals surface area contributed by atoms with Crippen LogP contribution in [0, 0.1) is 5.92 Å². The molecule has 0 amide bonds. The van der Waals surface area contributed by atoms with Crippen LogP contribution in [0.25, 0.3) is 0 Å². The lowest BCUT2D eigenvalue weighted by Gasteiger charge is -2.36. The summed E-state index contributed by atoms with van der Waals surface area (Å²) in [6.45, 7) is 5.17. The van der Waals surface area contributed by atoms with Crippen LogP contribution in [0.15, 0.2) is 29.2 Å². The lowest BCUT2D eigenvalue weighted by Crippen LogP contribution is -2.36. The summed E-state index contributed by atoms with van der Waals surface area (Å²) in [7, 11) is -3.11. The zero-order valence-electron chi connectivity index (χ0n) is 13.0. The molecule has 1 fully saturated rings. The van der Waals surface area contributed by atoms with Gasteiger partial charge >= 0.3 is 0 Å².